The summed E-state index contributed by atoms with van der Waals surface area (Å²) >= 11 is 6.36. The van der Waals surface area contributed by atoms with Crippen LogP contribution in [-0.2, 0) is 11.3 Å². The van der Waals surface area contributed by atoms with E-state index in [1.165, 1.54) is 4.68 Å². The first kappa shape index (κ1) is 22.7. The van der Waals surface area contributed by atoms with Crippen molar-refractivity contribution in [1.82, 2.24) is 9.78 Å². The van der Waals surface area contributed by atoms with Gasteiger partial charge in [-0.15, -0.1) is 0 Å². The third-order valence-corrected chi connectivity index (χ3v) is 5.13. The molecule has 2 aromatic carbocycles. The molecule has 0 aliphatic heterocycles. The van der Waals surface area contributed by atoms with Crippen molar-refractivity contribution < 1.29 is 14.2 Å². The molecule has 31 heavy (non-hydrogen) atoms. The Morgan fingerprint density at radius 3 is 2.58 bits per heavy atom. The molecular formula is C23H26ClN3O4. The zero-order chi connectivity index (χ0) is 22.2. The van der Waals surface area contributed by atoms with E-state index in [4.69, 9.17) is 25.8 Å². The molecule has 0 bridgehead atoms. The molecule has 0 saturated carbocycles. The summed E-state index contributed by atoms with van der Waals surface area (Å²) in [6.07, 6.45) is 1.57. The summed E-state index contributed by atoms with van der Waals surface area (Å²) in [4.78, 5) is 12.7. The number of nitrogens with one attached hydrogen (secondary N) is 1. The molecule has 1 aromatic heterocycles. The summed E-state index contributed by atoms with van der Waals surface area (Å²) in [5.41, 5.74) is 2.05. The van der Waals surface area contributed by atoms with Crippen LogP contribution in [0.4, 0.5) is 5.69 Å². The number of hydrogen-bond acceptors (Lipinski definition) is 6. The van der Waals surface area contributed by atoms with Crippen molar-refractivity contribution in [2.45, 2.75) is 19.5 Å². The van der Waals surface area contributed by atoms with Crippen molar-refractivity contribution in [2.75, 3.05) is 32.8 Å². The van der Waals surface area contributed by atoms with Crippen LogP contribution in [0.1, 0.15) is 24.1 Å². The third kappa shape index (κ3) is 5.77. The smallest absolute Gasteiger partial charge is 0.287 e. The summed E-state index contributed by atoms with van der Waals surface area (Å²) in [5, 5.41) is 7.63. The summed E-state index contributed by atoms with van der Waals surface area (Å²) < 4.78 is 17.5. The SMILES string of the molecule is COCCOc1ccc(C(C)Nc2cnn(Cc3ccccc3)c(=O)c2Cl)cc1OC. The van der Waals surface area contributed by atoms with E-state index < -0.39 is 0 Å². The van der Waals surface area contributed by atoms with Crippen LogP contribution >= 0.6 is 11.6 Å². The average molecular weight is 444 g/mol. The van der Waals surface area contributed by atoms with Crippen molar-refractivity contribution in [1.29, 1.82) is 0 Å². The van der Waals surface area contributed by atoms with Crippen LogP contribution < -0.4 is 20.3 Å². The van der Waals surface area contributed by atoms with Gasteiger partial charge in [0.15, 0.2) is 11.5 Å². The van der Waals surface area contributed by atoms with E-state index in [-0.39, 0.29) is 16.6 Å². The van der Waals surface area contributed by atoms with Crippen LogP contribution in [0, 0.1) is 0 Å². The summed E-state index contributed by atoms with van der Waals surface area (Å²) in [7, 11) is 3.21. The molecule has 3 rings (SSSR count). The fourth-order valence-corrected chi connectivity index (χ4v) is 3.26. The molecule has 0 amide bonds. The minimum Gasteiger partial charge on any atom is -0.493 e. The van der Waals surface area contributed by atoms with Gasteiger partial charge in [0.25, 0.3) is 5.56 Å². The van der Waals surface area contributed by atoms with Gasteiger partial charge in [0, 0.05) is 13.2 Å². The van der Waals surface area contributed by atoms with Crippen molar-refractivity contribution in [3.05, 3.63) is 81.2 Å². The predicted octanol–water partition coefficient (Wildman–Crippen LogP) is 4.15. The molecule has 0 fully saturated rings. The lowest BCUT2D eigenvalue weighted by atomic mass is 10.1. The maximum absolute atomic E-state index is 12.7. The van der Waals surface area contributed by atoms with Crippen molar-refractivity contribution in [3.8, 4) is 11.5 Å². The second-order valence-electron chi connectivity index (χ2n) is 6.94. The molecule has 8 heteroatoms. The molecule has 3 aromatic rings. The second-order valence-corrected chi connectivity index (χ2v) is 7.32. The van der Waals surface area contributed by atoms with Gasteiger partial charge < -0.3 is 19.5 Å². The van der Waals surface area contributed by atoms with Crippen molar-refractivity contribution in [2.24, 2.45) is 0 Å². The van der Waals surface area contributed by atoms with Crippen LogP contribution in [0.2, 0.25) is 5.02 Å². The van der Waals surface area contributed by atoms with Gasteiger partial charge in [0.2, 0.25) is 0 Å². The van der Waals surface area contributed by atoms with Gasteiger partial charge in [0.1, 0.15) is 11.6 Å². The Morgan fingerprint density at radius 2 is 1.87 bits per heavy atom. The molecule has 0 spiro atoms. The second kappa shape index (κ2) is 10.8. The molecule has 1 heterocycles. The molecule has 164 valence electrons. The van der Waals surface area contributed by atoms with Crippen molar-refractivity contribution >= 4 is 17.3 Å². The minimum absolute atomic E-state index is 0.101. The molecule has 0 radical (unpaired) electrons. The number of methoxy groups -OCH3 is 2. The van der Waals surface area contributed by atoms with E-state index in [2.05, 4.69) is 10.4 Å². The molecular weight excluding hydrogens is 418 g/mol. The van der Waals surface area contributed by atoms with Crippen LogP contribution in [-0.4, -0.2) is 37.2 Å². The molecule has 1 N–H and O–H groups in total. The Balaban J connectivity index is 1.74. The van der Waals surface area contributed by atoms with Gasteiger partial charge in [-0.25, -0.2) is 4.68 Å². The Morgan fingerprint density at radius 1 is 1.10 bits per heavy atom. The molecule has 1 atom stereocenters. The average Bonchev–Trinajstić information content (AvgIpc) is 2.79. The molecule has 0 aliphatic carbocycles. The van der Waals surface area contributed by atoms with E-state index in [9.17, 15) is 4.79 Å². The zero-order valence-corrected chi connectivity index (χ0v) is 18.6. The highest BCUT2D eigenvalue weighted by Crippen LogP contribution is 2.32. The standard InChI is InChI=1S/C23H26ClN3O4/c1-16(18-9-10-20(21(13-18)30-3)31-12-11-29-2)26-19-14-25-27(23(28)22(19)24)15-17-7-5-4-6-8-17/h4-10,13-14,16,26H,11-12,15H2,1-3H3. The van der Waals surface area contributed by atoms with Gasteiger partial charge in [-0.2, -0.15) is 5.10 Å². The van der Waals surface area contributed by atoms with Gasteiger partial charge in [-0.1, -0.05) is 48.0 Å². The van der Waals surface area contributed by atoms with Crippen LogP contribution in [0.5, 0.6) is 11.5 Å². The normalized spacial score (nSPS) is 11.7. The van der Waals surface area contributed by atoms with Crippen LogP contribution in [0.25, 0.3) is 0 Å². The Kier molecular flexibility index (Phi) is 7.92. The lowest BCUT2D eigenvalue weighted by Crippen LogP contribution is -2.25. The maximum Gasteiger partial charge on any atom is 0.287 e. The highest BCUT2D eigenvalue weighted by atomic mass is 35.5. The number of anilines is 1. The Bertz CT molecular complexity index is 1060. The van der Waals surface area contributed by atoms with E-state index in [1.54, 1.807) is 20.4 Å². The fraction of sp³-hybridized carbons (Fsp3) is 0.304. The Labute approximate surface area is 186 Å². The highest BCUT2D eigenvalue weighted by molar-refractivity contribution is 6.32. The first-order valence-corrected chi connectivity index (χ1v) is 10.3. The van der Waals surface area contributed by atoms with Crippen molar-refractivity contribution in [3.63, 3.8) is 0 Å². The number of rotatable bonds is 10. The number of halogens is 1. The number of benzene rings is 2. The van der Waals surface area contributed by atoms with Crippen LogP contribution in [0.15, 0.2) is 59.5 Å². The minimum atomic E-state index is -0.345. The van der Waals surface area contributed by atoms with E-state index in [0.29, 0.717) is 36.9 Å². The Hall–Kier alpha value is -3.03. The molecule has 0 saturated heterocycles. The lowest BCUT2D eigenvalue weighted by Gasteiger charge is -2.19. The zero-order valence-electron chi connectivity index (χ0n) is 17.8. The van der Waals surface area contributed by atoms with Gasteiger partial charge in [-0.05, 0) is 30.2 Å². The quantitative estimate of drug-likeness (QED) is 0.474. The molecule has 1 unspecified atom stereocenters. The van der Waals surface area contributed by atoms with Gasteiger partial charge in [-0.3, -0.25) is 4.79 Å². The first-order chi connectivity index (χ1) is 15.0. The van der Waals surface area contributed by atoms with E-state index >= 15 is 0 Å². The predicted molar refractivity (Wildman–Crippen MR) is 121 cm³/mol. The van der Waals surface area contributed by atoms with E-state index in [0.717, 1.165) is 11.1 Å². The fourth-order valence-electron chi connectivity index (χ4n) is 3.06. The molecule has 0 aliphatic rings. The van der Waals surface area contributed by atoms with Gasteiger partial charge >= 0.3 is 0 Å². The highest BCUT2D eigenvalue weighted by Gasteiger charge is 2.15. The number of nitrogens with zero attached hydrogens (tertiary/aromatic N) is 2. The summed E-state index contributed by atoms with van der Waals surface area (Å²) in [6.45, 7) is 3.24. The largest absolute Gasteiger partial charge is 0.493 e. The summed E-state index contributed by atoms with van der Waals surface area (Å²) in [5.74, 6) is 1.25. The third-order valence-electron chi connectivity index (χ3n) is 4.76. The van der Waals surface area contributed by atoms with Crippen LogP contribution in [0.3, 0.4) is 0 Å². The topological polar surface area (TPSA) is 74.6 Å². The number of hydrogen-bond donors (Lipinski definition) is 1. The first-order valence-electron chi connectivity index (χ1n) is 9.89. The maximum atomic E-state index is 12.7. The van der Waals surface area contributed by atoms with E-state index in [1.807, 2.05) is 55.5 Å². The lowest BCUT2D eigenvalue weighted by molar-refractivity contribution is 0.144. The molecule has 7 nitrogen and oxygen atoms in total. The monoisotopic (exact) mass is 443 g/mol. The number of ether oxygens (including phenoxy) is 3. The number of aromatic nitrogens is 2. The summed E-state index contributed by atoms with van der Waals surface area (Å²) in [6, 6.07) is 15.2. The van der Waals surface area contributed by atoms with Gasteiger partial charge in [0.05, 0.1) is 32.1 Å².